The van der Waals surface area contributed by atoms with Crippen LogP contribution in [0.25, 0.3) is 11.0 Å². The number of nitrogens with one attached hydrogen (secondary N) is 1. The lowest BCUT2D eigenvalue weighted by Gasteiger charge is -2.14. The molecule has 0 aliphatic heterocycles. The van der Waals surface area contributed by atoms with Crippen LogP contribution in [-0.4, -0.2) is 27.4 Å². The van der Waals surface area contributed by atoms with E-state index in [0.29, 0.717) is 24.7 Å². The first-order valence-electron chi connectivity index (χ1n) is 9.73. The van der Waals surface area contributed by atoms with E-state index in [0.717, 1.165) is 22.3 Å². The molecule has 0 aliphatic carbocycles. The van der Waals surface area contributed by atoms with Crippen molar-refractivity contribution >= 4 is 22.5 Å². The number of aromatic nitrogens is 3. The molecule has 0 saturated carbocycles. The molecule has 0 fully saturated rings. The second-order valence-electron chi connectivity index (χ2n) is 6.98. The van der Waals surface area contributed by atoms with E-state index in [9.17, 15) is 13.2 Å². The molecule has 0 amide bonds. The van der Waals surface area contributed by atoms with Crippen LogP contribution in [0.1, 0.15) is 5.56 Å². The standard InChI is InChI=1S/C22H20F3N5O2/c1-14-11-15(29-21-20-18(27-13-28-21)7-9-30(20)10-8-26)5-6-19(14)31-16-3-2-4-17(12-16)32-22(23,24)25/h2-7,9,11-13H,8,10,26H2,1H3,(H,27,28,29). The van der Waals surface area contributed by atoms with Gasteiger partial charge < -0.3 is 25.1 Å². The molecule has 4 rings (SSSR count). The molecule has 4 aromatic rings. The van der Waals surface area contributed by atoms with E-state index in [4.69, 9.17) is 10.5 Å². The summed E-state index contributed by atoms with van der Waals surface area (Å²) in [5, 5.41) is 3.29. The Morgan fingerprint density at radius 1 is 1.06 bits per heavy atom. The first-order chi connectivity index (χ1) is 15.3. The van der Waals surface area contributed by atoms with Gasteiger partial charge in [-0.2, -0.15) is 0 Å². The third-order valence-corrected chi connectivity index (χ3v) is 4.62. The van der Waals surface area contributed by atoms with Crippen molar-refractivity contribution in [2.24, 2.45) is 5.73 Å². The zero-order valence-corrected chi connectivity index (χ0v) is 17.1. The summed E-state index contributed by atoms with van der Waals surface area (Å²) in [5.74, 6) is 1.02. The van der Waals surface area contributed by atoms with E-state index >= 15 is 0 Å². The SMILES string of the molecule is Cc1cc(Nc2ncnc3ccn(CCN)c23)ccc1Oc1cccc(OC(F)(F)F)c1. The summed E-state index contributed by atoms with van der Waals surface area (Å²) >= 11 is 0. The molecule has 0 aliphatic rings. The van der Waals surface area contributed by atoms with E-state index < -0.39 is 6.36 Å². The Kier molecular flexibility index (Phi) is 5.87. The predicted molar refractivity (Wildman–Crippen MR) is 114 cm³/mol. The number of nitrogens with two attached hydrogens (primary N) is 1. The molecule has 7 nitrogen and oxygen atoms in total. The number of fused-ring (bicyclic) bond motifs is 1. The van der Waals surface area contributed by atoms with Gasteiger partial charge in [-0.1, -0.05) is 6.07 Å². The van der Waals surface area contributed by atoms with Crippen molar-refractivity contribution in [3.05, 3.63) is 66.6 Å². The van der Waals surface area contributed by atoms with Gasteiger partial charge in [-0.05, 0) is 48.9 Å². The maximum atomic E-state index is 12.4. The fourth-order valence-corrected chi connectivity index (χ4v) is 3.29. The van der Waals surface area contributed by atoms with Crippen LogP contribution in [0.5, 0.6) is 17.2 Å². The molecule has 32 heavy (non-hydrogen) atoms. The summed E-state index contributed by atoms with van der Waals surface area (Å²) in [6.45, 7) is 2.95. The number of anilines is 2. The van der Waals surface area contributed by atoms with Crippen molar-refractivity contribution in [3.63, 3.8) is 0 Å². The van der Waals surface area contributed by atoms with Crippen molar-refractivity contribution in [3.8, 4) is 17.2 Å². The number of ether oxygens (including phenoxy) is 2. The Labute approximate surface area is 181 Å². The summed E-state index contributed by atoms with van der Waals surface area (Å²) < 4.78 is 49.0. The summed E-state index contributed by atoms with van der Waals surface area (Å²) in [4.78, 5) is 8.64. The summed E-state index contributed by atoms with van der Waals surface area (Å²) in [6.07, 6.45) is -1.37. The summed E-state index contributed by atoms with van der Waals surface area (Å²) in [5.41, 5.74) is 8.88. The van der Waals surface area contributed by atoms with Crippen LogP contribution < -0.4 is 20.5 Å². The fraction of sp³-hybridized carbons (Fsp3) is 0.182. The fourth-order valence-electron chi connectivity index (χ4n) is 3.29. The van der Waals surface area contributed by atoms with Gasteiger partial charge >= 0.3 is 6.36 Å². The minimum absolute atomic E-state index is 0.229. The number of nitrogens with zero attached hydrogens (tertiary/aromatic N) is 3. The molecular weight excluding hydrogens is 423 g/mol. The molecule has 0 saturated heterocycles. The number of rotatable bonds is 7. The Morgan fingerprint density at radius 2 is 1.88 bits per heavy atom. The average Bonchev–Trinajstić information content (AvgIpc) is 3.13. The van der Waals surface area contributed by atoms with Gasteiger partial charge in [-0.25, -0.2) is 9.97 Å². The van der Waals surface area contributed by atoms with E-state index in [1.54, 1.807) is 18.2 Å². The van der Waals surface area contributed by atoms with Gasteiger partial charge in [0.05, 0.1) is 5.52 Å². The van der Waals surface area contributed by atoms with Crippen LogP contribution in [0.2, 0.25) is 0 Å². The molecule has 166 valence electrons. The van der Waals surface area contributed by atoms with Crippen molar-refractivity contribution in [2.75, 3.05) is 11.9 Å². The summed E-state index contributed by atoms with van der Waals surface area (Å²) in [6, 6.07) is 12.7. The van der Waals surface area contributed by atoms with Crippen LogP contribution in [-0.2, 0) is 6.54 Å². The highest BCUT2D eigenvalue weighted by Gasteiger charge is 2.31. The highest BCUT2D eigenvalue weighted by Crippen LogP contribution is 2.32. The summed E-state index contributed by atoms with van der Waals surface area (Å²) in [7, 11) is 0. The normalized spacial score (nSPS) is 11.5. The number of benzene rings is 2. The number of aryl methyl sites for hydroxylation is 1. The van der Waals surface area contributed by atoms with Gasteiger partial charge in [0.25, 0.3) is 0 Å². The molecule has 0 spiro atoms. The van der Waals surface area contributed by atoms with Gasteiger partial charge in [0.15, 0.2) is 5.82 Å². The molecule has 2 heterocycles. The molecule has 0 unspecified atom stereocenters. The lowest BCUT2D eigenvalue weighted by Crippen LogP contribution is -2.17. The lowest BCUT2D eigenvalue weighted by molar-refractivity contribution is -0.274. The largest absolute Gasteiger partial charge is 0.573 e. The molecule has 0 bridgehead atoms. The quantitative estimate of drug-likeness (QED) is 0.412. The lowest BCUT2D eigenvalue weighted by atomic mass is 10.2. The maximum absolute atomic E-state index is 12.4. The Balaban J connectivity index is 1.54. The predicted octanol–water partition coefficient (Wildman–Crippen LogP) is 5.13. The second-order valence-corrected chi connectivity index (χ2v) is 6.98. The first kappa shape index (κ1) is 21.4. The van der Waals surface area contributed by atoms with E-state index in [1.807, 2.05) is 29.8 Å². The number of halogens is 3. The van der Waals surface area contributed by atoms with Crippen molar-refractivity contribution in [1.82, 2.24) is 14.5 Å². The van der Waals surface area contributed by atoms with Gasteiger partial charge in [0.2, 0.25) is 0 Å². The topological polar surface area (TPSA) is 87.2 Å². The van der Waals surface area contributed by atoms with Gasteiger partial charge in [-0.15, -0.1) is 13.2 Å². The minimum atomic E-state index is -4.77. The zero-order valence-electron chi connectivity index (χ0n) is 17.1. The van der Waals surface area contributed by atoms with Gasteiger partial charge in [0, 0.05) is 31.0 Å². The first-order valence-corrected chi connectivity index (χ1v) is 9.73. The number of alkyl halides is 3. The second kappa shape index (κ2) is 8.75. The average molecular weight is 443 g/mol. The van der Waals surface area contributed by atoms with Crippen LogP contribution in [0.4, 0.5) is 24.7 Å². The minimum Gasteiger partial charge on any atom is -0.457 e. The zero-order chi connectivity index (χ0) is 22.7. The van der Waals surface area contributed by atoms with Crippen LogP contribution in [0, 0.1) is 6.92 Å². The molecule has 3 N–H and O–H groups in total. The van der Waals surface area contributed by atoms with Gasteiger partial charge in [-0.3, -0.25) is 0 Å². The molecule has 2 aromatic heterocycles. The van der Waals surface area contributed by atoms with Gasteiger partial charge in [0.1, 0.15) is 29.1 Å². The number of hydrogen-bond acceptors (Lipinski definition) is 6. The van der Waals surface area contributed by atoms with E-state index in [1.165, 1.54) is 24.5 Å². The third-order valence-electron chi connectivity index (χ3n) is 4.62. The van der Waals surface area contributed by atoms with Crippen LogP contribution in [0.3, 0.4) is 0 Å². The van der Waals surface area contributed by atoms with Crippen LogP contribution in [0.15, 0.2) is 61.1 Å². The van der Waals surface area contributed by atoms with Crippen molar-refractivity contribution in [1.29, 1.82) is 0 Å². The molecular formula is C22H20F3N5O2. The number of hydrogen-bond donors (Lipinski definition) is 2. The Hall–Kier alpha value is -3.79. The molecule has 0 radical (unpaired) electrons. The van der Waals surface area contributed by atoms with E-state index in [2.05, 4.69) is 20.0 Å². The van der Waals surface area contributed by atoms with E-state index in [-0.39, 0.29) is 11.5 Å². The maximum Gasteiger partial charge on any atom is 0.573 e. The van der Waals surface area contributed by atoms with Crippen molar-refractivity contribution in [2.45, 2.75) is 19.8 Å². The highest BCUT2D eigenvalue weighted by atomic mass is 19.4. The smallest absolute Gasteiger partial charge is 0.457 e. The molecule has 0 atom stereocenters. The Morgan fingerprint density at radius 3 is 2.62 bits per heavy atom. The molecule has 2 aromatic carbocycles. The van der Waals surface area contributed by atoms with Crippen molar-refractivity contribution < 1.29 is 22.6 Å². The monoisotopic (exact) mass is 443 g/mol. The highest BCUT2D eigenvalue weighted by molar-refractivity contribution is 5.88. The Bertz CT molecular complexity index is 1240. The third kappa shape index (κ3) is 4.92. The van der Waals surface area contributed by atoms with Crippen LogP contribution >= 0.6 is 0 Å². The molecule has 10 heteroatoms.